The van der Waals surface area contributed by atoms with Crippen molar-refractivity contribution >= 4 is 0 Å². The van der Waals surface area contributed by atoms with Gasteiger partial charge in [-0.15, -0.1) is 0 Å². The molecule has 18 heavy (non-hydrogen) atoms. The number of imidazole rings is 1. The van der Waals surface area contributed by atoms with Crippen LogP contribution in [0, 0.1) is 13.8 Å². The molecule has 0 spiro atoms. The number of aryl methyl sites for hydroxylation is 3. The summed E-state index contributed by atoms with van der Waals surface area (Å²) in [6.45, 7) is 7.10. The first-order chi connectivity index (χ1) is 8.63. The number of hydrogen-bond donors (Lipinski definition) is 1. The van der Waals surface area contributed by atoms with Crippen molar-refractivity contribution in [3.8, 4) is 0 Å². The first-order valence-electron chi connectivity index (χ1n) is 6.38. The van der Waals surface area contributed by atoms with Gasteiger partial charge in [0.1, 0.15) is 6.10 Å². The van der Waals surface area contributed by atoms with Crippen LogP contribution in [0.25, 0.3) is 0 Å². The van der Waals surface area contributed by atoms with E-state index in [-0.39, 0.29) is 0 Å². The van der Waals surface area contributed by atoms with Crippen LogP contribution in [-0.4, -0.2) is 14.7 Å². The number of benzene rings is 1. The standard InChI is InChI=1S/C15H20N2O/c1-4-7-17-10-16-9-14(17)15(18)13-6-5-11(2)8-12(13)3/h5-6,8-10,15,18H,4,7H2,1-3H3. The fraction of sp³-hybridized carbons (Fsp3) is 0.400. The summed E-state index contributed by atoms with van der Waals surface area (Å²) in [6, 6.07) is 6.13. The van der Waals surface area contributed by atoms with E-state index in [1.807, 2.05) is 23.6 Å². The molecule has 0 aliphatic rings. The van der Waals surface area contributed by atoms with E-state index < -0.39 is 6.10 Å². The number of nitrogens with zero attached hydrogens (tertiary/aromatic N) is 2. The Morgan fingerprint density at radius 1 is 1.33 bits per heavy atom. The highest BCUT2D eigenvalue weighted by atomic mass is 16.3. The van der Waals surface area contributed by atoms with E-state index in [0.29, 0.717) is 0 Å². The molecule has 0 saturated carbocycles. The molecule has 0 aliphatic heterocycles. The molecule has 1 unspecified atom stereocenters. The number of aliphatic hydroxyl groups excluding tert-OH is 1. The van der Waals surface area contributed by atoms with Gasteiger partial charge in [0.2, 0.25) is 0 Å². The van der Waals surface area contributed by atoms with Crippen molar-refractivity contribution in [2.75, 3.05) is 0 Å². The van der Waals surface area contributed by atoms with E-state index in [4.69, 9.17) is 0 Å². The van der Waals surface area contributed by atoms with Gasteiger partial charge in [0.25, 0.3) is 0 Å². The maximum absolute atomic E-state index is 10.5. The zero-order chi connectivity index (χ0) is 13.1. The first-order valence-corrected chi connectivity index (χ1v) is 6.38. The molecule has 0 aliphatic carbocycles. The third kappa shape index (κ3) is 2.46. The van der Waals surface area contributed by atoms with Crippen molar-refractivity contribution in [3.05, 3.63) is 53.1 Å². The van der Waals surface area contributed by atoms with Gasteiger partial charge in [-0.3, -0.25) is 0 Å². The highest BCUT2D eigenvalue weighted by molar-refractivity contribution is 5.35. The van der Waals surface area contributed by atoms with Gasteiger partial charge in [0, 0.05) is 6.54 Å². The van der Waals surface area contributed by atoms with E-state index in [1.165, 1.54) is 5.56 Å². The summed E-state index contributed by atoms with van der Waals surface area (Å²) in [5.41, 5.74) is 4.15. The number of aliphatic hydroxyl groups is 1. The Labute approximate surface area is 108 Å². The minimum Gasteiger partial charge on any atom is -0.382 e. The molecule has 1 heterocycles. The molecule has 3 heteroatoms. The third-order valence-electron chi connectivity index (χ3n) is 3.21. The van der Waals surface area contributed by atoms with Gasteiger partial charge in [-0.2, -0.15) is 0 Å². The van der Waals surface area contributed by atoms with Gasteiger partial charge >= 0.3 is 0 Å². The fourth-order valence-corrected chi connectivity index (χ4v) is 2.28. The van der Waals surface area contributed by atoms with Crippen LogP contribution in [0.4, 0.5) is 0 Å². The molecule has 0 amide bonds. The molecular formula is C15H20N2O. The maximum atomic E-state index is 10.5. The molecule has 1 aromatic heterocycles. The van der Waals surface area contributed by atoms with Gasteiger partial charge in [-0.25, -0.2) is 4.98 Å². The lowest BCUT2D eigenvalue weighted by molar-refractivity contribution is 0.209. The summed E-state index contributed by atoms with van der Waals surface area (Å²) >= 11 is 0. The van der Waals surface area contributed by atoms with Crippen LogP contribution in [0.1, 0.15) is 41.8 Å². The third-order valence-corrected chi connectivity index (χ3v) is 3.21. The van der Waals surface area contributed by atoms with E-state index in [1.54, 1.807) is 12.5 Å². The van der Waals surface area contributed by atoms with Gasteiger partial charge in [-0.05, 0) is 31.4 Å². The Balaban J connectivity index is 2.35. The van der Waals surface area contributed by atoms with Crippen LogP contribution < -0.4 is 0 Å². The fourth-order valence-electron chi connectivity index (χ4n) is 2.28. The quantitative estimate of drug-likeness (QED) is 0.897. The van der Waals surface area contributed by atoms with Crippen LogP contribution in [0.5, 0.6) is 0 Å². The molecule has 96 valence electrons. The predicted octanol–water partition coefficient (Wildman–Crippen LogP) is 2.99. The normalized spacial score (nSPS) is 12.7. The Bertz CT molecular complexity index is 531. The van der Waals surface area contributed by atoms with Crippen molar-refractivity contribution in [2.45, 2.75) is 39.8 Å². The molecule has 3 nitrogen and oxygen atoms in total. The van der Waals surface area contributed by atoms with Crippen molar-refractivity contribution in [2.24, 2.45) is 0 Å². The molecule has 2 aromatic rings. The van der Waals surface area contributed by atoms with Crippen molar-refractivity contribution in [1.82, 2.24) is 9.55 Å². The zero-order valence-electron chi connectivity index (χ0n) is 11.2. The van der Waals surface area contributed by atoms with Gasteiger partial charge < -0.3 is 9.67 Å². The monoisotopic (exact) mass is 244 g/mol. The Hall–Kier alpha value is -1.61. The van der Waals surface area contributed by atoms with E-state index >= 15 is 0 Å². The lowest BCUT2D eigenvalue weighted by Gasteiger charge is -2.16. The average Bonchev–Trinajstić information content (AvgIpc) is 2.77. The van der Waals surface area contributed by atoms with Crippen LogP contribution in [-0.2, 0) is 6.54 Å². The summed E-state index contributed by atoms with van der Waals surface area (Å²) in [7, 11) is 0. The van der Waals surface area contributed by atoms with E-state index in [9.17, 15) is 5.11 Å². The Morgan fingerprint density at radius 2 is 2.11 bits per heavy atom. The lowest BCUT2D eigenvalue weighted by atomic mass is 9.99. The summed E-state index contributed by atoms with van der Waals surface area (Å²) in [6.07, 6.45) is 3.97. The van der Waals surface area contributed by atoms with Crippen molar-refractivity contribution in [3.63, 3.8) is 0 Å². The molecule has 1 aromatic carbocycles. The summed E-state index contributed by atoms with van der Waals surface area (Å²) in [4.78, 5) is 4.14. The summed E-state index contributed by atoms with van der Waals surface area (Å²) in [5, 5.41) is 10.5. The molecule has 0 bridgehead atoms. The van der Waals surface area contributed by atoms with Gasteiger partial charge in [0.15, 0.2) is 0 Å². The number of aromatic nitrogens is 2. The topological polar surface area (TPSA) is 38.0 Å². The predicted molar refractivity (Wildman–Crippen MR) is 72.5 cm³/mol. The maximum Gasteiger partial charge on any atom is 0.121 e. The lowest BCUT2D eigenvalue weighted by Crippen LogP contribution is -2.09. The highest BCUT2D eigenvalue weighted by Crippen LogP contribution is 2.25. The molecule has 0 saturated heterocycles. The minimum absolute atomic E-state index is 0.598. The minimum atomic E-state index is -0.598. The van der Waals surface area contributed by atoms with Crippen LogP contribution in [0.3, 0.4) is 0 Å². The summed E-state index contributed by atoms with van der Waals surface area (Å²) < 4.78 is 2.02. The van der Waals surface area contributed by atoms with Crippen LogP contribution >= 0.6 is 0 Å². The largest absolute Gasteiger partial charge is 0.382 e. The van der Waals surface area contributed by atoms with Gasteiger partial charge in [0.05, 0.1) is 18.2 Å². The van der Waals surface area contributed by atoms with Gasteiger partial charge in [-0.1, -0.05) is 30.7 Å². The molecule has 2 rings (SSSR count). The smallest absolute Gasteiger partial charge is 0.121 e. The van der Waals surface area contributed by atoms with Crippen LogP contribution in [0.15, 0.2) is 30.7 Å². The first kappa shape index (κ1) is 12.8. The molecule has 1 atom stereocenters. The molecule has 0 fully saturated rings. The second kappa shape index (κ2) is 5.36. The van der Waals surface area contributed by atoms with E-state index in [0.717, 1.165) is 29.8 Å². The molecule has 1 N–H and O–H groups in total. The van der Waals surface area contributed by atoms with E-state index in [2.05, 4.69) is 24.9 Å². The summed E-state index contributed by atoms with van der Waals surface area (Å²) in [5.74, 6) is 0. The van der Waals surface area contributed by atoms with Crippen molar-refractivity contribution in [1.29, 1.82) is 0 Å². The number of rotatable bonds is 4. The second-order valence-corrected chi connectivity index (χ2v) is 4.77. The number of hydrogen-bond acceptors (Lipinski definition) is 2. The molecule has 0 radical (unpaired) electrons. The Kier molecular flexibility index (Phi) is 3.82. The highest BCUT2D eigenvalue weighted by Gasteiger charge is 2.16. The van der Waals surface area contributed by atoms with Crippen LogP contribution in [0.2, 0.25) is 0 Å². The SMILES string of the molecule is CCCn1cncc1C(O)c1ccc(C)cc1C. The second-order valence-electron chi connectivity index (χ2n) is 4.77. The zero-order valence-corrected chi connectivity index (χ0v) is 11.2. The average molecular weight is 244 g/mol. The molecular weight excluding hydrogens is 224 g/mol. The van der Waals surface area contributed by atoms with Crippen molar-refractivity contribution < 1.29 is 5.11 Å². The Morgan fingerprint density at radius 3 is 2.78 bits per heavy atom.